The van der Waals surface area contributed by atoms with Gasteiger partial charge in [-0.3, -0.25) is 4.79 Å². The number of hydrogen-bond donors (Lipinski definition) is 1. The zero-order chi connectivity index (χ0) is 20.9. The van der Waals surface area contributed by atoms with E-state index in [2.05, 4.69) is 15.3 Å². The van der Waals surface area contributed by atoms with Crippen LogP contribution in [0.15, 0.2) is 53.6 Å². The van der Waals surface area contributed by atoms with E-state index in [1.807, 2.05) is 24.3 Å². The Kier molecular flexibility index (Phi) is 6.58. The average molecular weight is 421 g/mol. The monoisotopic (exact) mass is 421 g/mol. The van der Waals surface area contributed by atoms with Crippen LogP contribution in [0, 0.1) is 6.92 Å². The van der Waals surface area contributed by atoms with E-state index in [1.165, 1.54) is 23.9 Å². The summed E-state index contributed by atoms with van der Waals surface area (Å²) in [6.45, 7) is 0.627. The third kappa shape index (κ3) is 6.35. The summed E-state index contributed by atoms with van der Waals surface area (Å²) < 4.78 is 41.5. The number of fused-ring (bicyclic) bond motifs is 1. The Labute approximate surface area is 169 Å². The molecule has 1 N–H and O–H groups in total. The van der Waals surface area contributed by atoms with Crippen LogP contribution in [-0.2, 0) is 11.3 Å². The van der Waals surface area contributed by atoms with Crippen LogP contribution in [-0.4, -0.2) is 34.4 Å². The van der Waals surface area contributed by atoms with Crippen LogP contribution >= 0.6 is 11.8 Å². The molecule has 0 aliphatic heterocycles. The molecular weight excluding hydrogens is 403 g/mol. The fourth-order valence-corrected chi connectivity index (χ4v) is 3.46. The number of hydrogen-bond acceptors (Lipinski definition) is 5. The maximum Gasteiger partial charge on any atom is 0.422 e. The van der Waals surface area contributed by atoms with Crippen molar-refractivity contribution in [3.63, 3.8) is 0 Å². The van der Waals surface area contributed by atoms with Crippen molar-refractivity contribution in [2.75, 3.05) is 12.4 Å². The molecule has 0 unspecified atom stereocenters. The van der Waals surface area contributed by atoms with Crippen LogP contribution in [0.5, 0.6) is 5.75 Å². The molecule has 1 heterocycles. The van der Waals surface area contributed by atoms with Crippen molar-refractivity contribution in [1.82, 2.24) is 15.3 Å². The number of aromatic nitrogens is 2. The van der Waals surface area contributed by atoms with Gasteiger partial charge in [-0.05, 0) is 30.7 Å². The van der Waals surface area contributed by atoms with Crippen LogP contribution in [0.2, 0.25) is 0 Å². The molecule has 0 bridgehead atoms. The van der Waals surface area contributed by atoms with E-state index in [0.29, 0.717) is 11.4 Å². The van der Waals surface area contributed by atoms with Gasteiger partial charge in [0.05, 0.1) is 11.3 Å². The third-order valence-corrected chi connectivity index (χ3v) is 4.80. The Balaban J connectivity index is 1.55. The van der Waals surface area contributed by atoms with E-state index >= 15 is 0 Å². The third-order valence-electron chi connectivity index (χ3n) is 3.81. The van der Waals surface area contributed by atoms with E-state index in [9.17, 15) is 18.0 Å². The molecule has 0 radical (unpaired) electrons. The van der Waals surface area contributed by atoms with E-state index in [4.69, 9.17) is 4.74 Å². The van der Waals surface area contributed by atoms with Gasteiger partial charge in [-0.1, -0.05) is 42.1 Å². The molecule has 3 rings (SSSR count). The van der Waals surface area contributed by atoms with E-state index in [-0.39, 0.29) is 24.0 Å². The lowest BCUT2D eigenvalue weighted by Gasteiger charge is -2.11. The highest BCUT2D eigenvalue weighted by atomic mass is 32.2. The second-order valence-corrected chi connectivity index (χ2v) is 7.17. The summed E-state index contributed by atoms with van der Waals surface area (Å²) in [4.78, 5) is 21.0. The Morgan fingerprint density at radius 3 is 2.72 bits per heavy atom. The van der Waals surface area contributed by atoms with Gasteiger partial charge in [0.1, 0.15) is 16.6 Å². The lowest BCUT2D eigenvalue weighted by Crippen LogP contribution is -2.24. The first-order valence-corrected chi connectivity index (χ1v) is 9.70. The lowest BCUT2D eigenvalue weighted by molar-refractivity contribution is -0.153. The van der Waals surface area contributed by atoms with Crippen LogP contribution in [0.3, 0.4) is 0 Å². The van der Waals surface area contributed by atoms with Crippen molar-refractivity contribution >= 4 is 28.6 Å². The molecule has 0 saturated heterocycles. The Morgan fingerprint density at radius 1 is 1.14 bits per heavy atom. The van der Waals surface area contributed by atoms with Crippen molar-refractivity contribution < 1.29 is 22.7 Å². The number of halogens is 3. The molecule has 0 fully saturated rings. The second-order valence-electron chi connectivity index (χ2n) is 6.21. The van der Waals surface area contributed by atoms with Crippen LogP contribution in [0.4, 0.5) is 13.2 Å². The molecule has 2 aromatic carbocycles. The predicted molar refractivity (Wildman–Crippen MR) is 105 cm³/mol. The summed E-state index contributed by atoms with van der Waals surface area (Å²) in [5, 5.41) is 4.36. The first-order chi connectivity index (χ1) is 13.8. The average Bonchev–Trinajstić information content (AvgIpc) is 2.68. The summed E-state index contributed by atoms with van der Waals surface area (Å²) >= 11 is 1.31. The maximum absolute atomic E-state index is 12.2. The van der Waals surface area contributed by atoms with Crippen molar-refractivity contribution in [3.8, 4) is 5.75 Å². The quantitative estimate of drug-likeness (QED) is 0.456. The Morgan fingerprint density at radius 2 is 1.93 bits per heavy atom. The number of rotatable bonds is 7. The van der Waals surface area contributed by atoms with Gasteiger partial charge in [0.25, 0.3) is 0 Å². The van der Waals surface area contributed by atoms with Gasteiger partial charge in [0.2, 0.25) is 5.91 Å². The number of nitrogens with zero attached hydrogens (tertiary/aromatic N) is 2. The van der Waals surface area contributed by atoms with E-state index < -0.39 is 12.8 Å². The van der Waals surface area contributed by atoms with Crippen molar-refractivity contribution in [2.45, 2.75) is 24.7 Å². The van der Waals surface area contributed by atoms with E-state index in [1.54, 1.807) is 19.1 Å². The highest BCUT2D eigenvalue weighted by molar-refractivity contribution is 8.00. The van der Waals surface area contributed by atoms with Crippen LogP contribution in [0.1, 0.15) is 11.4 Å². The number of carbonyl (C=O) groups is 1. The van der Waals surface area contributed by atoms with Gasteiger partial charge in [-0.2, -0.15) is 13.2 Å². The minimum atomic E-state index is -4.40. The predicted octanol–water partition coefficient (Wildman–Crippen LogP) is 4.29. The molecule has 0 saturated carbocycles. The first-order valence-electron chi connectivity index (χ1n) is 8.71. The fourth-order valence-electron chi connectivity index (χ4n) is 2.56. The summed E-state index contributed by atoms with van der Waals surface area (Å²) in [6.07, 6.45) is -4.40. The zero-order valence-corrected chi connectivity index (χ0v) is 16.3. The molecule has 9 heteroatoms. The molecule has 5 nitrogen and oxygen atoms in total. The number of alkyl halides is 3. The molecule has 0 atom stereocenters. The molecule has 3 aromatic rings. The lowest BCUT2D eigenvalue weighted by atomic mass is 10.2. The molecule has 29 heavy (non-hydrogen) atoms. The smallest absolute Gasteiger partial charge is 0.422 e. The molecule has 0 spiro atoms. The summed E-state index contributed by atoms with van der Waals surface area (Å²) in [5.41, 5.74) is 1.46. The van der Waals surface area contributed by atoms with Gasteiger partial charge in [0.15, 0.2) is 6.61 Å². The normalized spacial score (nSPS) is 11.4. The maximum atomic E-state index is 12.2. The van der Waals surface area contributed by atoms with Gasteiger partial charge in [0, 0.05) is 11.9 Å². The minimum absolute atomic E-state index is 0.103. The topological polar surface area (TPSA) is 64.1 Å². The number of para-hydroxylation sites is 1. The minimum Gasteiger partial charge on any atom is -0.484 e. The van der Waals surface area contributed by atoms with Gasteiger partial charge < -0.3 is 10.1 Å². The SMILES string of the molecule is Cc1nc(SCC(=O)NCc2cccc(OCC(F)(F)F)c2)c2ccccc2n1. The molecule has 152 valence electrons. The summed E-state index contributed by atoms with van der Waals surface area (Å²) in [6, 6.07) is 13.8. The zero-order valence-electron chi connectivity index (χ0n) is 15.5. The standard InChI is InChI=1S/C20H18F3N3O2S/c1-13-25-17-8-3-2-7-16(17)19(26-13)29-11-18(27)24-10-14-5-4-6-15(9-14)28-12-20(21,22)23/h2-9H,10-12H2,1H3,(H,24,27). The van der Waals surface area contributed by atoms with Crippen LogP contribution in [0.25, 0.3) is 10.9 Å². The number of aryl methyl sites for hydroxylation is 1. The molecule has 1 aromatic heterocycles. The van der Waals surface area contributed by atoms with E-state index in [0.717, 1.165) is 15.9 Å². The number of nitrogens with one attached hydrogen (secondary N) is 1. The highest BCUT2D eigenvalue weighted by Crippen LogP contribution is 2.25. The van der Waals surface area contributed by atoms with Crippen molar-refractivity contribution in [1.29, 1.82) is 0 Å². The highest BCUT2D eigenvalue weighted by Gasteiger charge is 2.28. The molecule has 0 aliphatic rings. The largest absolute Gasteiger partial charge is 0.484 e. The number of carbonyl (C=O) groups excluding carboxylic acids is 1. The molecule has 0 aliphatic carbocycles. The Hall–Kier alpha value is -2.81. The van der Waals surface area contributed by atoms with Crippen molar-refractivity contribution in [2.24, 2.45) is 0 Å². The van der Waals surface area contributed by atoms with Gasteiger partial charge in [-0.15, -0.1) is 0 Å². The number of benzene rings is 2. The van der Waals surface area contributed by atoms with Crippen LogP contribution < -0.4 is 10.1 Å². The second kappa shape index (κ2) is 9.13. The number of ether oxygens (including phenoxy) is 1. The summed E-state index contributed by atoms with van der Waals surface area (Å²) in [7, 11) is 0. The first kappa shape index (κ1) is 20.9. The van der Waals surface area contributed by atoms with Crippen molar-refractivity contribution in [3.05, 3.63) is 59.9 Å². The Bertz CT molecular complexity index is 1010. The van der Waals surface area contributed by atoms with Gasteiger partial charge in [-0.25, -0.2) is 9.97 Å². The molecule has 1 amide bonds. The number of amides is 1. The summed E-state index contributed by atoms with van der Waals surface area (Å²) in [5.74, 6) is 0.677. The van der Waals surface area contributed by atoms with Gasteiger partial charge >= 0.3 is 6.18 Å². The fraction of sp³-hybridized carbons (Fsp3) is 0.250. The molecular formula is C20H18F3N3O2S. The number of thioether (sulfide) groups is 1.